The first kappa shape index (κ1) is 16.5. The molecule has 2 rings (SSSR count). The fraction of sp³-hybridized carbons (Fsp3) is 0.500. The maximum atomic E-state index is 12.6. The lowest BCUT2D eigenvalue weighted by Gasteiger charge is -2.33. The van der Waals surface area contributed by atoms with Gasteiger partial charge >= 0.3 is 0 Å². The third kappa shape index (κ3) is 3.15. The number of sulfonamides is 1. The minimum absolute atomic E-state index is 0.0617. The summed E-state index contributed by atoms with van der Waals surface area (Å²) in [6.45, 7) is 2.31. The average Bonchev–Trinajstić information content (AvgIpc) is 2.30. The zero-order valence-electron chi connectivity index (χ0n) is 10.7. The van der Waals surface area contributed by atoms with Gasteiger partial charge in [-0.1, -0.05) is 46.1 Å². The molecule has 1 aliphatic rings. The Morgan fingerprint density at radius 1 is 1.35 bits per heavy atom. The van der Waals surface area contributed by atoms with Crippen LogP contribution in [-0.4, -0.2) is 37.0 Å². The first-order valence-electron chi connectivity index (χ1n) is 6.06. The molecule has 1 heterocycles. The number of aliphatic hydroxyl groups excluding tert-OH is 1. The van der Waals surface area contributed by atoms with Gasteiger partial charge < -0.3 is 5.11 Å². The Morgan fingerprint density at radius 2 is 1.90 bits per heavy atom. The van der Waals surface area contributed by atoms with Gasteiger partial charge in [0.15, 0.2) is 0 Å². The summed E-state index contributed by atoms with van der Waals surface area (Å²) < 4.78 is 27.1. The minimum Gasteiger partial charge on any atom is -0.391 e. The Morgan fingerprint density at radius 3 is 2.40 bits per heavy atom. The average molecular weight is 403 g/mol. The lowest BCUT2D eigenvalue weighted by atomic mass is 9.98. The molecular weight excluding hydrogens is 389 g/mol. The van der Waals surface area contributed by atoms with E-state index < -0.39 is 16.1 Å². The van der Waals surface area contributed by atoms with Gasteiger partial charge in [0, 0.05) is 17.6 Å². The number of halogens is 3. The molecule has 1 fully saturated rings. The molecule has 4 nitrogen and oxygen atoms in total. The van der Waals surface area contributed by atoms with Crippen LogP contribution in [0.2, 0.25) is 10.0 Å². The number of rotatable bonds is 2. The molecule has 1 aromatic rings. The number of β-amino-alcohol motifs (C(OH)–C–C–N with tert-alkyl or cyclic N) is 1. The topological polar surface area (TPSA) is 57.6 Å². The summed E-state index contributed by atoms with van der Waals surface area (Å²) in [4.78, 5) is -0.106. The standard InChI is InChI=1S/C12H14BrCl2NO3S/c1-7-2-3-16(6-11(7)17)20(18,19)12-9(14)4-8(13)5-10(12)15/h4-5,7,11,17H,2-3,6H2,1H3. The van der Waals surface area contributed by atoms with Gasteiger partial charge in [0.05, 0.1) is 16.1 Å². The van der Waals surface area contributed by atoms with Crippen molar-refractivity contribution in [2.45, 2.75) is 24.3 Å². The van der Waals surface area contributed by atoms with Crippen LogP contribution in [0.3, 0.4) is 0 Å². The van der Waals surface area contributed by atoms with Crippen LogP contribution in [0.4, 0.5) is 0 Å². The van der Waals surface area contributed by atoms with Crippen molar-refractivity contribution in [2.75, 3.05) is 13.1 Å². The van der Waals surface area contributed by atoms with Crippen molar-refractivity contribution in [2.24, 2.45) is 5.92 Å². The van der Waals surface area contributed by atoms with E-state index >= 15 is 0 Å². The molecular formula is C12H14BrCl2NO3S. The largest absolute Gasteiger partial charge is 0.391 e. The zero-order valence-corrected chi connectivity index (χ0v) is 14.6. The Kier molecular flexibility index (Phi) is 5.04. The van der Waals surface area contributed by atoms with Gasteiger partial charge in [-0.2, -0.15) is 4.31 Å². The molecule has 1 aromatic carbocycles. The van der Waals surface area contributed by atoms with Crippen molar-refractivity contribution >= 4 is 49.2 Å². The molecule has 2 unspecified atom stereocenters. The molecule has 0 radical (unpaired) electrons. The van der Waals surface area contributed by atoms with E-state index in [1.165, 1.54) is 16.4 Å². The third-order valence-corrected chi connectivity index (χ3v) is 6.69. The summed E-state index contributed by atoms with van der Waals surface area (Å²) in [5.41, 5.74) is 0. The number of aliphatic hydroxyl groups is 1. The molecule has 0 spiro atoms. The van der Waals surface area contributed by atoms with Crippen molar-refractivity contribution in [1.29, 1.82) is 0 Å². The molecule has 20 heavy (non-hydrogen) atoms. The van der Waals surface area contributed by atoms with Crippen molar-refractivity contribution in [1.82, 2.24) is 4.31 Å². The molecule has 0 bridgehead atoms. The van der Waals surface area contributed by atoms with Gasteiger partial charge in [0.1, 0.15) is 4.90 Å². The molecule has 8 heteroatoms. The highest BCUT2D eigenvalue weighted by molar-refractivity contribution is 9.10. The maximum absolute atomic E-state index is 12.6. The van der Waals surface area contributed by atoms with Crippen LogP contribution in [-0.2, 0) is 10.0 Å². The van der Waals surface area contributed by atoms with E-state index in [0.717, 1.165) is 0 Å². The Labute approximate surface area is 136 Å². The van der Waals surface area contributed by atoms with Crippen molar-refractivity contribution in [3.8, 4) is 0 Å². The quantitative estimate of drug-likeness (QED) is 0.826. The van der Waals surface area contributed by atoms with E-state index in [2.05, 4.69) is 15.9 Å². The predicted octanol–water partition coefficient (Wildman–Crippen LogP) is 3.15. The number of benzene rings is 1. The van der Waals surface area contributed by atoms with Crippen molar-refractivity contribution in [3.63, 3.8) is 0 Å². The molecule has 2 atom stereocenters. The Balaban J connectivity index is 2.41. The van der Waals surface area contributed by atoms with E-state index in [9.17, 15) is 13.5 Å². The summed E-state index contributed by atoms with van der Waals surface area (Å²) in [5, 5.41) is 10.00. The third-order valence-electron chi connectivity index (χ3n) is 3.44. The fourth-order valence-electron chi connectivity index (χ4n) is 2.14. The molecule has 1 saturated heterocycles. The van der Waals surface area contributed by atoms with Gasteiger partial charge in [-0.05, 0) is 24.5 Å². The van der Waals surface area contributed by atoms with Crippen LogP contribution in [0.25, 0.3) is 0 Å². The first-order valence-corrected chi connectivity index (χ1v) is 9.05. The van der Waals surface area contributed by atoms with Crippen LogP contribution >= 0.6 is 39.1 Å². The van der Waals surface area contributed by atoms with Gasteiger partial charge in [-0.25, -0.2) is 8.42 Å². The van der Waals surface area contributed by atoms with Gasteiger partial charge in [0.25, 0.3) is 0 Å². The van der Waals surface area contributed by atoms with Crippen molar-refractivity contribution < 1.29 is 13.5 Å². The highest BCUT2D eigenvalue weighted by Crippen LogP contribution is 2.35. The van der Waals surface area contributed by atoms with Crippen LogP contribution in [0.5, 0.6) is 0 Å². The van der Waals surface area contributed by atoms with E-state index in [4.69, 9.17) is 23.2 Å². The summed E-state index contributed by atoms with van der Waals surface area (Å²) in [6, 6.07) is 2.98. The second kappa shape index (κ2) is 6.10. The predicted molar refractivity (Wildman–Crippen MR) is 82.7 cm³/mol. The molecule has 1 N–H and O–H groups in total. The molecule has 1 aliphatic heterocycles. The lowest BCUT2D eigenvalue weighted by molar-refractivity contribution is 0.0605. The van der Waals surface area contributed by atoms with Crippen LogP contribution in [0.15, 0.2) is 21.5 Å². The lowest BCUT2D eigenvalue weighted by Crippen LogP contribution is -2.45. The number of nitrogens with zero attached hydrogens (tertiary/aromatic N) is 1. The zero-order chi connectivity index (χ0) is 15.1. The Hall–Kier alpha value is 0.150. The van der Waals surface area contributed by atoms with Crippen molar-refractivity contribution in [3.05, 3.63) is 26.7 Å². The molecule has 0 saturated carbocycles. The second-order valence-electron chi connectivity index (χ2n) is 4.89. The first-order chi connectivity index (χ1) is 9.23. The maximum Gasteiger partial charge on any atom is 0.246 e. The molecule has 0 amide bonds. The van der Waals surface area contributed by atoms with Gasteiger partial charge in [-0.15, -0.1) is 0 Å². The van der Waals surface area contributed by atoms with E-state index in [0.29, 0.717) is 17.4 Å². The number of hydrogen-bond acceptors (Lipinski definition) is 3. The van der Waals surface area contributed by atoms with Crippen LogP contribution < -0.4 is 0 Å². The van der Waals surface area contributed by atoms with E-state index in [1.807, 2.05) is 6.92 Å². The van der Waals surface area contributed by atoms with E-state index in [-0.39, 0.29) is 27.4 Å². The smallest absolute Gasteiger partial charge is 0.246 e. The normalized spacial score (nSPS) is 24.9. The number of piperidine rings is 1. The molecule has 0 aliphatic carbocycles. The van der Waals surface area contributed by atoms with Crippen LogP contribution in [0.1, 0.15) is 13.3 Å². The molecule has 0 aromatic heterocycles. The summed E-state index contributed by atoms with van der Waals surface area (Å²) in [5.74, 6) is 0.0808. The monoisotopic (exact) mass is 401 g/mol. The summed E-state index contributed by atoms with van der Waals surface area (Å²) >= 11 is 15.3. The fourth-order valence-corrected chi connectivity index (χ4v) is 5.50. The van der Waals surface area contributed by atoms with Crippen LogP contribution in [0, 0.1) is 5.92 Å². The van der Waals surface area contributed by atoms with E-state index in [1.54, 1.807) is 0 Å². The highest BCUT2D eigenvalue weighted by atomic mass is 79.9. The minimum atomic E-state index is -3.81. The number of hydrogen-bond donors (Lipinski definition) is 1. The van der Waals surface area contributed by atoms with Gasteiger partial charge in [-0.3, -0.25) is 0 Å². The summed E-state index contributed by atoms with van der Waals surface area (Å²) in [7, 11) is -3.81. The van der Waals surface area contributed by atoms with Gasteiger partial charge in [0.2, 0.25) is 10.0 Å². The Bertz CT molecular complexity index is 600. The summed E-state index contributed by atoms with van der Waals surface area (Å²) in [6.07, 6.45) is -0.0712. The second-order valence-corrected chi connectivity index (χ2v) is 8.50. The SMILES string of the molecule is CC1CCN(S(=O)(=O)c2c(Cl)cc(Br)cc2Cl)CC1O. The highest BCUT2D eigenvalue weighted by Gasteiger charge is 2.35. The molecule has 112 valence electrons.